The maximum absolute atomic E-state index is 11.9. The Morgan fingerprint density at radius 3 is 1.00 bits per heavy atom. The highest BCUT2D eigenvalue weighted by Crippen LogP contribution is 2.29. The van der Waals surface area contributed by atoms with Crippen LogP contribution in [-0.2, 0) is 0 Å². The van der Waals surface area contributed by atoms with Crippen molar-refractivity contribution in [3.05, 3.63) is 12.2 Å². The average molecular weight is 228 g/mol. The molecular weight excluding hydrogens is 224 g/mol. The van der Waals surface area contributed by atoms with Crippen molar-refractivity contribution < 1.29 is 35.1 Å². The van der Waals surface area contributed by atoms with Crippen LogP contribution in [0.5, 0.6) is 0 Å². The summed E-state index contributed by atoms with van der Waals surface area (Å²) < 4.78 is 93.1. The fraction of sp³-hybridized carbons (Fsp3) is 0.667. The molecule has 0 amide bonds. The third kappa shape index (κ3) is 3.51. The first-order valence-electron chi connectivity index (χ1n) is 3.12. The van der Waals surface area contributed by atoms with Crippen LogP contribution in [0.1, 0.15) is 0 Å². The lowest BCUT2D eigenvalue weighted by Crippen LogP contribution is -2.28. The second-order valence-corrected chi connectivity index (χ2v) is 2.28. The molecule has 0 atom stereocenters. The van der Waals surface area contributed by atoms with Gasteiger partial charge < -0.3 is 0 Å². The fourth-order valence-corrected chi connectivity index (χ4v) is 0.368. The molecule has 84 valence electrons. The molecule has 0 bridgehead atoms. The molecule has 0 N–H and O–H groups in total. The van der Waals surface area contributed by atoms with Crippen molar-refractivity contribution in [1.29, 1.82) is 0 Å². The van der Waals surface area contributed by atoms with Crippen LogP contribution in [0.2, 0.25) is 0 Å². The fourth-order valence-electron chi connectivity index (χ4n) is 0.368. The van der Waals surface area contributed by atoms with Gasteiger partial charge in [0.2, 0.25) is 0 Å². The lowest BCUT2D eigenvalue weighted by Gasteiger charge is -2.13. The summed E-state index contributed by atoms with van der Waals surface area (Å²) in [5.41, 5.74) is 0. The highest BCUT2D eigenvalue weighted by atomic mass is 19.3. The Morgan fingerprint density at radius 1 is 0.643 bits per heavy atom. The van der Waals surface area contributed by atoms with Gasteiger partial charge in [-0.05, 0) is 12.2 Å². The molecule has 0 aromatic heterocycles. The van der Waals surface area contributed by atoms with Crippen LogP contribution in [0.3, 0.4) is 0 Å². The van der Waals surface area contributed by atoms with E-state index in [-0.39, 0.29) is 0 Å². The molecule has 0 radical (unpaired) electrons. The van der Waals surface area contributed by atoms with Gasteiger partial charge in [0, 0.05) is 0 Å². The summed E-state index contributed by atoms with van der Waals surface area (Å²) in [6.45, 7) is 0. The molecule has 0 nitrogen and oxygen atoms in total. The Bertz CT molecular complexity index is 184. The number of halogens is 8. The Labute approximate surface area is 73.2 Å². The van der Waals surface area contributed by atoms with Crippen molar-refractivity contribution in [1.82, 2.24) is 0 Å². The minimum absolute atomic E-state index is 0.927. The topological polar surface area (TPSA) is 0 Å². The van der Waals surface area contributed by atoms with Crippen molar-refractivity contribution in [2.24, 2.45) is 0 Å². The van der Waals surface area contributed by atoms with Crippen molar-refractivity contribution in [3.63, 3.8) is 0 Å². The molecule has 0 rings (SSSR count). The second-order valence-electron chi connectivity index (χ2n) is 2.28. The standard InChI is InChI=1S/C6H4F8/c7-3(8)5(11,12)1-2-6(13,14)4(9)10/h1-4H/b2-1+. The first-order chi connectivity index (χ1) is 6.09. The SMILES string of the molecule is FC(F)C(F)(F)/C=C/C(F)(F)C(F)F. The molecule has 0 aromatic carbocycles. The zero-order chi connectivity index (χ0) is 11.6. The van der Waals surface area contributed by atoms with Gasteiger partial charge in [-0.15, -0.1) is 0 Å². The summed E-state index contributed by atoms with van der Waals surface area (Å²) in [5, 5.41) is 0. The summed E-state index contributed by atoms with van der Waals surface area (Å²) in [7, 11) is 0. The quantitative estimate of drug-likeness (QED) is 0.511. The largest absolute Gasteiger partial charge is 0.326 e. The van der Waals surface area contributed by atoms with Crippen molar-refractivity contribution in [3.8, 4) is 0 Å². The van der Waals surface area contributed by atoms with E-state index in [0.29, 0.717) is 0 Å². The van der Waals surface area contributed by atoms with Crippen LogP contribution in [-0.4, -0.2) is 24.7 Å². The Morgan fingerprint density at radius 2 is 0.857 bits per heavy atom. The van der Waals surface area contributed by atoms with E-state index in [9.17, 15) is 35.1 Å². The van der Waals surface area contributed by atoms with E-state index in [1.165, 1.54) is 0 Å². The van der Waals surface area contributed by atoms with Gasteiger partial charge in [0.15, 0.2) is 0 Å². The molecule has 0 aliphatic heterocycles. The first-order valence-corrected chi connectivity index (χ1v) is 3.12. The van der Waals surface area contributed by atoms with Crippen LogP contribution < -0.4 is 0 Å². The van der Waals surface area contributed by atoms with E-state index in [1.54, 1.807) is 0 Å². The summed E-state index contributed by atoms with van der Waals surface area (Å²) in [6.07, 6.45) is -10.3. The maximum Gasteiger partial charge on any atom is 0.326 e. The van der Waals surface area contributed by atoms with E-state index in [2.05, 4.69) is 0 Å². The molecule has 0 aromatic rings. The zero-order valence-corrected chi connectivity index (χ0v) is 6.33. The monoisotopic (exact) mass is 228 g/mol. The van der Waals surface area contributed by atoms with Gasteiger partial charge in [-0.1, -0.05) is 0 Å². The maximum atomic E-state index is 11.9. The predicted octanol–water partition coefficient (Wildman–Crippen LogP) is 3.34. The average Bonchev–Trinajstić information content (AvgIpc) is 2.01. The smallest absolute Gasteiger partial charge is 0.203 e. The van der Waals surface area contributed by atoms with Crippen LogP contribution in [0.25, 0.3) is 0 Å². The van der Waals surface area contributed by atoms with E-state index in [4.69, 9.17) is 0 Å². The van der Waals surface area contributed by atoms with Gasteiger partial charge in [-0.3, -0.25) is 0 Å². The number of alkyl halides is 8. The first kappa shape index (κ1) is 13.2. The van der Waals surface area contributed by atoms with Crippen LogP contribution >= 0.6 is 0 Å². The number of hydrogen-bond acceptors (Lipinski definition) is 0. The van der Waals surface area contributed by atoms with Crippen molar-refractivity contribution >= 4 is 0 Å². The van der Waals surface area contributed by atoms with Crippen LogP contribution in [0, 0.1) is 0 Å². The molecule has 0 aliphatic rings. The van der Waals surface area contributed by atoms with Gasteiger partial charge in [0.25, 0.3) is 0 Å². The molecular formula is C6H4F8. The molecule has 8 heteroatoms. The third-order valence-electron chi connectivity index (χ3n) is 1.11. The molecule has 14 heavy (non-hydrogen) atoms. The highest BCUT2D eigenvalue weighted by molar-refractivity contribution is 5.04. The van der Waals surface area contributed by atoms with Crippen molar-refractivity contribution in [2.75, 3.05) is 0 Å². The third-order valence-corrected chi connectivity index (χ3v) is 1.11. The summed E-state index contributed by atoms with van der Waals surface area (Å²) in [6, 6.07) is 0. The molecule has 0 aliphatic carbocycles. The summed E-state index contributed by atoms with van der Waals surface area (Å²) >= 11 is 0. The molecule has 0 unspecified atom stereocenters. The summed E-state index contributed by atoms with van der Waals surface area (Å²) in [4.78, 5) is 0. The number of rotatable bonds is 4. The molecule has 0 spiro atoms. The summed E-state index contributed by atoms with van der Waals surface area (Å²) in [5.74, 6) is -9.67. The minimum atomic E-state index is -4.84. The minimum Gasteiger partial charge on any atom is -0.203 e. The Hall–Kier alpha value is -0.820. The van der Waals surface area contributed by atoms with E-state index in [1.807, 2.05) is 0 Å². The predicted molar refractivity (Wildman–Crippen MR) is 31.0 cm³/mol. The van der Waals surface area contributed by atoms with Crippen LogP contribution in [0.15, 0.2) is 12.2 Å². The van der Waals surface area contributed by atoms with E-state index in [0.717, 1.165) is 0 Å². The molecule has 0 saturated heterocycles. The zero-order valence-electron chi connectivity index (χ0n) is 6.33. The Kier molecular flexibility index (Phi) is 3.90. The van der Waals surface area contributed by atoms with Gasteiger partial charge in [-0.25, -0.2) is 17.6 Å². The van der Waals surface area contributed by atoms with E-state index >= 15 is 0 Å². The van der Waals surface area contributed by atoms with E-state index < -0.39 is 36.8 Å². The van der Waals surface area contributed by atoms with Gasteiger partial charge in [0.05, 0.1) is 0 Å². The lowest BCUT2D eigenvalue weighted by atomic mass is 10.2. The highest BCUT2D eigenvalue weighted by Gasteiger charge is 2.42. The molecule has 0 saturated carbocycles. The number of hydrogen-bond donors (Lipinski definition) is 0. The van der Waals surface area contributed by atoms with Gasteiger partial charge >= 0.3 is 24.7 Å². The molecule has 0 heterocycles. The molecule has 0 fully saturated rings. The lowest BCUT2D eigenvalue weighted by molar-refractivity contribution is -0.104. The second kappa shape index (κ2) is 4.14. The van der Waals surface area contributed by atoms with Gasteiger partial charge in [-0.2, -0.15) is 17.6 Å². The van der Waals surface area contributed by atoms with Gasteiger partial charge in [0.1, 0.15) is 0 Å². The normalized spacial score (nSPS) is 14.7. The Balaban J connectivity index is 4.59. The van der Waals surface area contributed by atoms with Crippen LogP contribution in [0.4, 0.5) is 35.1 Å². The number of allylic oxidation sites excluding steroid dienone is 2. The van der Waals surface area contributed by atoms with Crippen molar-refractivity contribution in [2.45, 2.75) is 24.7 Å².